The van der Waals surface area contributed by atoms with Gasteiger partial charge in [0.25, 0.3) is 0 Å². The van der Waals surface area contributed by atoms with Crippen molar-refractivity contribution in [1.82, 2.24) is 9.97 Å². The van der Waals surface area contributed by atoms with E-state index in [9.17, 15) is 14.7 Å². The van der Waals surface area contributed by atoms with Crippen LogP contribution >= 0.6 is 0 Å². The van der Waals surface area contributed by atoms with E-state index in [0.29, 0.717) is 24.4 Å². The largest absolute Gasteiger partial charge is 0.480 e. The number of hydrogen-bond acceptors (Lipinski definition) is 6. The molecule has 0 aliphatic carbocycles. The van der Waals surface area contributed by atoms with Crippen molar-refractivity contribution < 1.29 is 19.4 Å². The summed E-state index contributed by atoms with van der Waals surface area (Å²) >= 11 is 0. The fourth-order valence-corrected chi connectivity index (χ4v) is 1.84. The van der Waals surface area contributed by atoms with Crippen molar-refractivity contribution in [3.8, 4) is 0 Å². The van der Waals surface area contributed by atoms with Gasteiger partial charge in [-0.2, -0.15) is 0 Å². The fraction of sp³-hybridized carbons (Fsp3) is 0.538. The van der Waals surface area contributed by atoms with Gasteiger partial charge in [-0.05, 0) is 19.8 Å². The van der Waals surface area contributed by atoms with E-state index in [2.05, 4.69) is 20.0 Å². The fourth-order valence-electron chi connectivity index (χ4n) is 1.84. The summed E-state index contributed by atoms with van der Waals surface area (Å²) < 4.78 is 4.57. The minimum atomic E-state index is -1.12. The first-order valence-corrected chi connectivity index (χ1v) is 6.34. The SMILES string of the molecule is CCC(CC)(Nc1cc(C)nc(C(=O)OC)n1)C(=O)O. The Morgan fingerprint density at radius 3 is 2.40 bits per heavy atom. The predicted octanol–water partition coefficient (Wildman–Crippen LogP) is 1.63. The van der Waals surface area contributed by atoms with E-state index < -0.39 is 17.5 Å². The van der Waals surface area contributed by atoms with Gasteiger partial charge in [-0.3, -0.25) is 0 Å². The Balaban J connectivity index is 3.17. The highest BCUT2D eigenvalue weighted by atomic mass is 16.5. The maximum Gasteiger partial charge on any atom is 0.376 e. The summed E-state index contributed by atoms with van der Waals surface area (Å²) in [6.07, 6.45) is 0.769. The number of carboxylic acid groups (broad SMARTS) is 1. The average molecular weight is 281 g/mol. The zero-order chi connectivity index (χ0) is 15.3. The summed E-state index contributed by atoms with van der Waals surface area (Å²) in [5.41, 5.74) is -0.567. The number of carboxylic acids is 1. The molecule has 110 valence electrons. The second-order valence-corrected chi connectivity index (χ2v) is 4.43. The number of nitrogens with one attached hydrogen (secondary N) is 1. The number of carbonyl (C=O) groups excluding carboxylic acids is 1. The van der Waals surface area contributed by atoms with Crippen molar-refractivity contribution in [2.75, 3.05) is 12.4 Å². The highest BCUT2D eigenvalue weighted by molar-refractivity contribution is 5.86. The highest BCUT2D eigenvalue weighted by Crippen LogP contribution is 2.22. The molecule has 0 fully saturated rings. The lowest BCUT2D eigenvalue weighted by molar-refractivity contribution is -0.142. The number of ether oxygens (including phenoxy) is 1. The minimum absolute atomic E-state index is 0.0958. The third kappa shape index (κ3) is 3.23. The molecule has 1 aromatic heterocycles. The lowest BCUT2D eigenvalue weighted by Crippen LogP contribution is -2.45. The Bertz CT molecular complexity index is 512. The molecule has 2 N–H and O–H groups in total. The molecule has 0 spiro atoms. The molecule has 0 aromatic carbocycles. The molecule has 1 rings (SSSR count). The molecule has 0 aliphatic rings. The first-order valence-electron chi connectivity index (χ1n) is 6.34. The van der Waals surface area contributed by atoms with E-state index in [4.69, 9.17) is 0 Å². The molecule has 0 bridgehead atoms. The zero-order valence-corrected chi connectivity index (χ0v) is 12.1. The number of esters is 1. The van der Waals surface area contributed by atoms with E-state index in [1.807, 2.05) is 0 Å². The van der Waals surface area contributed by atoms with Crippen molar-refractivity contribution in [3.63, 3.8) is 0 Å². The molecular weight excluding hydrogens is 262 g/mol. The van der Waals surface area contributed by atoms with Crippen LogP contribution in [0.5, 0.6) is 0 Å². The van der Waals surface area contributed by atoms with Crippen molar-refractivity contribution in [1.29, 1.82) is 0 Å². The van der Waals surface area contributed by atoms with E-state index in [1.165, 1.54) is 7.11 Å². The Labute approximate surface area is 117 Å². The van der Waals surface area contributed by atoms with Crippen LogP contribution in [-0.4, -0.2) is 39.7 Å². The van der Waals surface area contributed by atoms with Crippen LogP contribution in [0.15, 0.2) is 6.07 Å². The van der Waals surface area contributed by atoms with Gasteiger partial charge in [0.05, 0.1) is 7.11 Å². The lowest BCUT2D eigenvalue weighted by atomic mass is 9.93. The number of aromatic nitrogens is 2. The minimum Gasteiger partial charge on any atom is -0.480 e. The molecule has 0 saturated heterocycles. The van der Waals surface area contributed by atoms with Gasteiger partial charge < -0.3 is 15.2 Å². The van der Waals surface area contributed by atoms with E-state index in [1.54, 1.807) is 26.8 Å². The zero-order valence-electron chi connectivity index (χ0n) is 12.1. The molecule has 7 nitrogen and oxygen atoms in total. The van der Waals surface area contributed by atoms with E-state index in [0.717, 1.165) is 0 Å². The molecule has 1 heterocycles. The molecule has 20 heavy (non-hydrogen) atoms. The van der Waals surface area contributed by atoms with Crippen LogP contribution in [0, 0.1) is 6.92 Å². The third-order valence-corrected chi connectivity index (χ3v) is 3.21. The van der Waals surface area contributed by atoms with Crippen LogP contribution in [0.3, 0.4) is 0 Å². The summed E-state index contributed by atoms with van der Waals surface area (Å²) in [5.74, 6) is -1.42. The maximum absolute atomic E-state index is 11.5. The quantitative estimate of drug-likeness (QED) is 0.764. The van der Waals surface area contributed by atoms with E-state index >= 15 is 0 Å². The number of hydrogen-bond donors (Lipinski definition) is 2. The van der Waals surface area contributed by atoms with Crippen LogP contribution in [-0.2, 0) is 9.53 Å². The summed E-state index contributed by atoms with van der Waals surface area (Å²) in [6, 6.07) is 1.59. The highest BCUT2D eigenvalue weighted by Gasteiger charge is 2.35. The average Bonchev–Trinajstić information content (AvgIpc) is 2.43. The molecule has 0 atom stereocenters. The van der Waals surface area contributed by atoms with Crippen LogP contribution in [0.25, 0.3) is 0 Å². The number of aryl methyl sites for hydroxylation is 1. The van der Waals surface area contributed by atoms with Gasteiger partial charge in [-0.1, -0.05) is 13.8 Å². The number of aliphatic carboxylic acids is 1. The summed E-state index contributed by atoms with van der Waals surface area (Å²) in [4.78, 5) is 30.9. The topological polar surface area (TPSA) is 101 Å². The van der Waals surface area contributed by atoms with Crippen LogP contribution in [0.2, 0.25) is 0 Å². The molecule has 0 unspecified atom stereocenters. The van der Waals surface area contributed by atoms with Gasteiger partial charge >= 0.3 is 11.9 Å². The number of methoxy groups -OCH3 is 1. The Kier molecular flexibility index (Phi) is 5.01. The van der Waals surface area contributed by atoms with Crippen LogP contribution < -0.4 is 5.32 Å². The Hall–Kier alpha value is -2.18. The number of rotatable bonds is 6. The first kappa shape index (κ1) is 15.9. The normalized spacial score (nSPS) is 11.0. The second kappa shape index (κ2) is 6.31. The Morgan fingerprint density at radius 1 is 1.35 bits per heavy atom. The van der Waals surface area contributed by atoms with Gasteiger partial charge in [0.2, 0.25) is 5.82 Å². The number of carbonyl (C=O) groups is 2. The van der Waals surface area contributed by atoms with Gasteiger partial charge in [-0.15, -0.1) is 0 Å². The molecule has 0 radical (unpaired) electrons. The second-order valence-electron chi connectivity index (χ2n) is 4.43. The summed E-state index contributed by atoms with van der Waals surface area (Å²) in [6.45, 7) is 5.25. The van der Waals surface area contributed by atoms with Crippen molar-refractivity contribution in [3.05, 3.63) is 17.6 Å². The number of nitrogens with zero attached hydrogens (tertiary/aromatic N) is 2. The monoisotopic (exact) mass is 281 g/mol. The molecular formula is C13H19N3O4. The molecule has 0 aliphatic heterocycles. The lowest BCUT2D eigenvalue weighted by Gasteiger charge is -2.28. The van der Waals surface area contributed by atoms with Crippen molar-refractivity contribution in [2.45, 2.75) is 39.2 Å². The predicted molar refractivity (Wildman–Crippen MR) is 72.7 cm³/mol. The smallest absolute Gasteiger partial charge is 0.376 e. The van der Waals surface area contributed by atoms with Crippen molar-refractivity contribution in [2.24, 2.45) is 0 Å². The molecule has 0 saturated carbocycles. The van der Waals surface area contributed by atoms with Gasteiger partial charge in [0, 0.05) is 11.8 Å². The van der Waals surface area contributed by atoms with Gasteiger partial charge in [-0.25, -0.2) is 19.6 Å². The van der Waals surface area contributed by atoms with Crippen molar-refractivity contribution >= 4 is 17.8 Å². The number of anilines is 1. The Morgan fingerprint density at radius 2 is 1.95 bits per heavy atom. The van der Waals surface area contributed by atoms with Crippen LogP contribution in [0.4, 0.5) is 5.82 Å². The van der Waals surface area contributed by atoms with Gasteiger partial charge in [0.1, 0.15) is 11.4 Å². The molecule has 1 aromatic rings. The maximum atomic E-state index is 11.5. The third-order valence-electron chi connectivity index (χ3n) is 3.21. The molecule has 0 amide bonds. The standard InChI is InChI=1S/C13H19N3O4/c1-5-13(6-2,12(18)19)16-9-7-8(3)14-10(15-9)11(17)20-4/h7H,5-6H2,1-4H3,(H,18,19)(H,14,15,16). The van der Waals surface area contributed by atoms with E-state index in [-0.39, 0.29) is 5.82 Å². The van der Waals surface area contributed by atoms with Gasteiger partial charge in [0.15, 0.2) is 0 Å². The first-order chi connectivity index (χ1) is 9.38. The van der Waals surface area contributed by atoms with Crippen LogP contribution in [0.1, 0.15) is 43.0 Å². The summed E-state index contributed by atoms with van der Waals surface area (Å²) in [7, 11) is 1.24. The molecule has 7 heteroatoms. The summed E-state index contributed by atoms with van der Waals surface area (Å²) in [5, 5.41) is 12.3.